The molecule has 0 radical (unpaired) electrons. The Labute approximate surface area is 106 Å². The molecular weight excluding hydrogens is 230 g/mol. The van der Waals surface area contributed by atoms with E-state index in [1.807, 2.05) is 7.05 Å². The minimum absolute atomic E-state index is 0.0476. The summed E-state index contributed by atoms with van der Waals surface area (Å²) in [6.45, 7) is 1.51. The first-order chi connectivity index (χ1) is 8.65. The zero-order chi connectivity index (χ0) is 12.7. The molecule has 6 heteroatoms. The summed E-state index contributed by atoms with van der Waals surface area (Å²) in [6.07, 6.45) is 4.47. The van der Waals surface area contributed by atoms with Crippen LogP contribution in [-0.4, -0.2) is 33.8 Å². The fourth-order valence-corrected chi connectivity index (χ4v) is 2.56. The Kier molecular flexibility index (Phi) is 2.72. The quantitative estimate of drug-likeness (QED) is 0.819. The average Bonchev–Trinajstić information content (AvgIpc) is 2.87. The van der Waals surface area contributed by atoms with E-state index in [9.17, 15) is 4.79 Å². The summed E-state index contributed by atoms with van der Waals surface area (Å²) in [5, 5.41) is 8.52. The van der Waals surface area contributed by atoms with Crippen molar-refractivity contribution in [2.45, 2.75) is 25.7 Å². The molecule has 0 bridgehead atoms. The van der Waals surface area contributed by atoms with Gasteiger partial charge < -0.3 is 15.2 Å². The molecule has 1 atom stereocenters. The number of hydrogen-bond donors (Lipinski definition) is 1. The second-order valence-electron chi connectivity index (χ2n) is 5.46. The smallest absolute Gasteiger partial charge is 0.226 e. The number of hydrogen-bond acceptors (Lipinski definition) is 4. The third-order valence-corrected chi connectivity index (χ3v) is 3.98. The molecule has 0 aromatic carbocycles. The van der Waals surface area contributed by atoms with Crippen LogP contribution in [0.5, 0.6) is 0 Å². The van der Waals surface area contributed by atoms with Crippen LogP contribution in [0.3, 0.4) is 0 Å². The Bertz CT molecular complexity index is 465. The van der Waals surface area contributed by atoms with E-state index in [0.29, 0.717) is 6.54 Å². The van der Waals surface area contributed by atoms with Gasteiger partial charge in [0.05, 0.1) is 5.92 Å². The van der Waals surface area contributed by atoms with Crippen LogP contribution < -0.4 is 10.6 Å². The van der Waals surface area contributed by atoms with E-state index < -0.39 is 0 Å². The topological polar surface area (TPSA) is 77.0 Å². The maximum atomic E-state index is 11.2. The van der Waals surface area contributed by atoms with Gasteiger partial charge in [0, 0.05) is 26.6 Å². The Morgan fingerprint density at radius 3 is 2.78 bits per heavy atom. The third-order valence-electron chi connectivity index (χ3n) is 3.98. The average molecular weight is 249 g/mol. The number of nitrogens with two attached hydrogens (primary N) is 1. The van der Waals surface area contributed by atoms with E-state index in [0.717, 1.165) is 37.1 Å². The molecular formula is C12H19N5O. The van der Waals surface area contributed by atoms with Crippen molar-refractivity contribution in [1.82, 2.24) is 14.8 Å². The fourth-order valence-electron chi connectivity index (χ4n) is 2.56. The lowest BCUT2D eigenvalue weighted by atomic mass is 10.1. The van der Waals surface area contributed by atoms with Gasteiger partial charge >= 0.3 is 0 Å². The molecule has 1 aromatic rings. The van der Waals surface area contributed by atoms with Crippen LogP contribution in [0.25, 0.3) is 0 Å². The molecule has 1 aromatic heterocycles. The van der Waals surface area contributed by atoms with Gasteiger partial charge in [0.25, 0.3) is 0 Å². The number of nitrogens with zero attached hydrogens (tertiary/aromatic N) is 4. The lowest BCUT2D eigenvalue weighted by Crippen LogP contribution is -2.28. The van der Waals surface area contributed by atoms with Crippen LogP contribution in [0.4, 0.5) is 5.95 Å². The van der Waals surface area contributed by atoms with Crippen molar-refractivity contribution in [3.63, 3.8) is 0 Å². The van der Waals surface area contributed by atoms with Gasteiger partial charge in [-0.25, -0.2) is 0 Å². The van der Waals surface area contributed by atoms with E-state index >= 15 is 0 Å². The highest BCUT2D eigenvalue weighted by Crippen LogP contribution is 2.32. The largest absolute Gasteiger partial charge is 0.369 e. The summed E-state index contributed by atoms with van der Waals surface area (Å²) in [7, 11) is 2.00. The summed E-state index contributed by atoms with van der Waals surface area (Å²) >= 11 is 0. The SMILES string of the molecule is Cn1c(CC2CC2)nnc1N1CCC(C(N)=O)C1. The fraction of sp³-hybridized carbons (Fsp3) is 0.750. The maximum Gasteiger partial charge on any atom is 0.226 e. The molecule has 2 heterocycles. The van der Waals surface area contributed by atoms with E-state index in [2.05, 4.69) is 19.7 Å². The number of primary amides is 1. The van der Waals surface area contributed by atoms with Gasteiger partial charge in [0.1, 0.15) is 5.82 Å². The molecule has 1 aliphatic heterocycles. The van der Waals surface area contributed by atoms with E-state index in [1.54, 1.807) is 0 Å². The first kappa shape index (κ1) is 11.5. The van der Waals surface area contributed by atoms with Crippen LogP contribution in [0, 0.1) is 11.8 Å². The molecule has 1 unspecified atom stereocenters. The lowest BCUT2D eigenvalue weighted by molar-refractivity contribution is -0.121. The van der Waals surface area contributed by atoms with Crippen LogP contribution >= 0.6 is 0 Å². The monoisotopic (exact) mass is 249 g/mol. The first-order valence-corrected chi connectivity index (χ1v) is 6.57. The molecule has 98 valence electrons. The van der Waals surface area contributed by atoms with Gasteiger partial charge in [-0.05, 0) is 25.2 Å². The molecule has 1 amide bonds. The molecule has 2 fully saturated rings. The van der Waals surface area contributed by atoms with Gasteiger partial charge in [-0.2, -0.15) is 0 Å². The van der Waals surface area contributed by atoms with E-state index in [4.69, 9.17) is 5.73 Å². The number of carbonyl (C=O) groups is 1. The molecule has 2 aliphatic rings. The Hall–Kier alpha value is -1.59. The normalized spacial score (nSPS) is 23.6. The van der Waals surface area contributed by atoms with Crippen molar-refractivity contribution in [1.29, 1.82) is 0 Å². The number of anilines is 1. The summed E-state index contributed by atoms with van der Waals surface area (Å²) < 4.78 is 2.06. The van der Waals surface area contributed by atoms with Crippen molar-refractivity contribution < 1.29 is 4.79 Å². The van der Waals surface area contributed by atoms with E-state index in [1.165, 1.54) is 12.8 Å². The molecule has 2 N–H and O–H groups in total. The highest BCUT2D eigenvalue weighted by Gasteiger charge is 2.30. The summed E-state index contributed by atoms with van der Waals surface area (Å²) in [6, 6.07) is 0. The second kappa shape index (κ2) is 4.26. The molecule has 1 aliphatic carbocycles. The zero-order valence-electron chi connectivity index (χ0n) is 10.7. The highest BCUT2D eigenvalue weighted by molar-refractivity contribution is 5.78. The van der Waals surface area contributed by atoms with Crippen molar-refractivity contribution in [3.05, 3.63) is 5.82 Å². The van der Waals surface area contributed by atoms with Gasteiger partial charge in [-0.3, -0.25) is 4.79 Å². The lowest BCUT2D eigenvalue weighted by Gasteiger charge is -2.16. The number of aromatic nitrogens is 3. The van der Waals surface area contributed by atoms with Crippen molar-refractivity contribution >= 4 is 11.9 Å². The van der Waals surface area contributed by atoms with Crippen LogP contribution in [0.2, 0.25) is 0 Å². The van der Waals surface area contributed by atoms with Crippen LogP contribution in [-0.2, 0) is 18.3 Å². The number of rotatable bonds is 4. The second-order valence-corrected chi connectivity index (χ2v) is 5.46. The Morgan fingerprint density at radius 2 is 2.17 bits per heavy atom. The Balaban J connectivity index is 1.72. The third kappa shape index (κ3) is 2.07. The van der Waals surface area contributed by atoms with Crippen molar-refractivity contribution in [2.24, 2.45) is 24.6 Å². The van der Waals surface area contributed by atoms with Gasteiger partial charge in [0.15, 0.2) is 0 Å². The van der Waals surface area contributed by atoms with Gasteiger partial charge in [-0.1, -0.05) is 0 Å². The molecule has 18 heavy (non-hydrogen) atoms. The van der Waals surface area contributed by atoms with Gasteiger partial charge in [0.2, 0.25) is 11.9 Å². The molecule has 3 rings (SSSR count). The molecule has 1 saturated carbocycles. The molecule has 6 nitrogen and oxygen atoms in total. The minimum Gasteiger partial charge on any atom is -0.369 e. The maximum absolute atomic E-state index is 11.2. The number of amides is 1. The zero-order valence-corrected chi connectivity index (χ0v) is 10.7. The summed E-state index contributed by atoms with van der Waals surface area (Å²) in [5.74, 6) is 2.47. The predicted octanol–water partition coefficient (Wildman–Crippen LogP) is 0.0792. The first-order valence-electron chi connectivity index (χ1n) is 6.57. The molecule has 0 spiro atoms. The molecule has 1 saturated heterocycles. The minimum atomic E-state index is -0.210. The van der Waals surface area contributed by atoms with Crippen LogP contribution in [0.1, 0.15) is 25.1 Å². The summed E-state index contributed by atoms with van der Waals surface area (Å²) in [4.78, 5) is 13.3. The summed E-state index contributed by atoms with van der Waals surface area (Å²) in [5.41, 5.74) is 5.35. The highest BCUT2D eigenvalue weighted by atomic mass is 16.1. The number of carbonyl (C=O) groups excluding carboxylic acids is 1. The Morgan fingerprint density at radius 1 is 1.39 bits per heavy atom. The predicted molar refractivity (Wildman–Crippen MR) is 66.9 cm³/mol. The van der Waals surface area contributed by atoms with Crippen molar-refractivity contribution in [2.75, 3.05) is 18.0 Å². The standard InChI is InChI=1S/C12H19N5O/c1-16-10(6-8-2-3-8)14-15-12(16)17-5-4-9(7-17)11(13)18/h8-9H,2-7H2,1H3,(H2,13,18). The van der Waals surface area contributed by atoms with Gasteiger partial charge in [-0.15, -0.1) is 10.2 Å². The van der Waals surface area contributed by atoms with Crippen molar-refractivity contribution in [3.8, 4) is 0 Å². The van der Waals surface area contributed by atoms with E-state index in [-0.39, 0.29) is 11.8 Å². The van der Waals surface area contributed by atoms with Crippen LogP contribution in [0.15, 0.2) is 0 Å².